The Balaban J connectivity index is 1.76. The zero-order valence-electron chi connectivity index (χ0n) is 13.1. The van der Waals surface area contributed by atoms with E-state index in [9.17, 15) is 18.0 Å². The van der Waals surface area contributed by atoms with Gasteiger partial charge in [0.1, 0.15) is 0 Å². The van der Waals surface area contributed by atoms with Gasteiger partial charge in [-0.2, -0.15) is 11.8 Å². The monoisotopic (exact) mass is 364 g/mol. The van der Waals surface area contributed by atoms with Gasteiger partial charge in [0.15, 0.2) is 0 Å². The molecule has 1 amide bonds. The lowest BCUT2D eigenvalue weighted by atomic mass is 9.81. The van der Waals surface area contributed by atoms with Crippen LogP contribution < -0.4 is 5.32 Å². The number of carbonyl (C=O) groups excluding carboxylic acids is 1. The van der Waals surface area contributed by atoms with Gasteiger partial charge in [-0.1, -0.05) is 6.42 Å². The molecule has 0 aromatic carbocycles. The van der Waals surface area contributed by atoms with E-state index in [-0.39, 0.29) is 24.1 Å². The maximum atomic E-state index is 12.2. The van der Waals surface area contributed by atoms with Crippen LogP contribution >= 0.6 is 11.8 Å². The molecule has 2 N–H and O–H groups in total. The first-order valence-corrected chi connectivity index (χ1v) is 10.7. The molecule has 1 aliphatic carbocycles. The van der Waals surface area contributed by atoms with E-state index in [4.69, 9.17) is 5.11 Å². The van der Waals surface area contributed by atoms with Crippen LogP contribution in [0.1, 0.15) is 25.7 Å². The third kappa shape index (κ3) is 5.36. The van der Waals surface area contributed by atoms with Gasteiger partial charge in [0, 0.05) is 37.1 Å². The van der Waals surface area contributed by atoms with Crippen molar-refractivity contribution in [3.8, 4) is 0 Å². The molecule has 2 aliphatic rings. The molecule has 0 aromatic heterocycles. The van der Waals surface area contributed by atoms with Crippen molar-refractivity contribution in [2.45, 2.75) is 25.7 Å². The molecule has 0 bridgehead atoms. The summed E-state index contributed by atoms with van der Waals surface area (Å²) < 4.78 is 25.8. The van der Waals surface area contributed by atoms with Crippen molar-refractivity contribution in [2.75, 3.05) is 36.9 Å². The van der Waals surface area contributed by atoms with E-state index in [1.54, 1.807) is 11.8 Å². The van der Waals surface area contributed by atoms with E-state index in [0.29, 0.717) is 32.4 Å². The predicted octanol–water partition coefficient (Wildman–Crippen LogP) is 0.372. The molecule has 0 radical (unpaired) electrons. The van der Waals surface area contributed by atoms with Crippen LogP contribution in [0.5, 0.6) is 0 Å². The Morgan fingerprint density at radius 1 is 1.17 bits per heavy atom. The third-order valence-electron chi connectivity index (χ3n) is 4.42. The summed E-state index contributed by atoms with van der Waals surface area (Å²) in [7, 11) is -3.32. The molecule has 132 valence electrons. The van der Waals surface area contributed by atoms with Crippen molar-refractivity contribution >= 4 is 33.7 Å². The molecular formula is C14H24N2O5S2. The van der Waals surface area contributed by atoms with E-state index in [1.165, 1.54) is 4.31 Å². The number of amides is 1. The predicted molar refractivity (Wildman–Crippen MR) is 88.8 cm³/mol. The van der Waals surface area contributed by atoms with Gasteiger partial charge in [-0.25, -0.2) is 12.7 Å². The fraction of sp³-hybridized carbons (Fsp3) is 0.857. The number of sulfonamides is 1. The highest BCUT2D eigenvalue weighted by Crippen LogP contribution is 2.29. The molecule has 0 spiro atoms. The summed E-state index contributed by atoms with van der Waals surface area (Å²) >= 11 is 1.74. The molecule has 2 unspecified atom stereocenters. The highest BCUT2D eigenvalue weighted by Gasteiger charge is 2.31. The van der Waals surface area contributed by atoms with E-state index in [0.717, 1.165) is 17.9 Å². The van der Waals surface area contributed by atoms with Gasteiger partial charge in [0.2, 0.25) is 15.9 Å². The number of hydrogen-bond acceptors (Lipinski definition) is 5. The van der Waals surface area contributed by atoms with Gasteiger partial charge in [-0.3, -0.25) is 9.59 Å². The number of carboxylic acids is 1. The standard InChI is InChI=1S/C14H24N2O5S2/c17-13(11-2-1-3-12(10-11)14(18)19)15-4-9-23(20,21)16-5-7-22-8-6-16/h11-12H,1-10H2,(H,15,17)(H,18,19). The van der Waals surface area contributed by atoms with Crippen LogP contribution in [0.4, 0.5) is 0 Å². The van der Waals surface area contributed by atoms with Crippen LogP contribution in [0.15, 0.2) is 0 Å². The number of rotatable bonds is 6. The summed E-state index contributed by atoms with van der Waals surface area (Å²) in [5.74, 6) is -0.339. The fourth-order valence-electron chi connectivity index (χ4n) is 3.05. The molecule has 7 nitrogen and oxygen atoms in total. The Morgan fingerprint density at radius 3 is 2.48 bits per heavy atom. The molecule has 2 rings (SSSR count). The van der Waals surface area contributed by atoms with Crippen molar-refractivity contribution in [3.63, 3.8) is 0 Å². The maximum absolute atomic E-state index is 12.2. The average Bonchev–Trinajstić information content (AvgIpc) is 2.55. The maximum Gasteiger partial charge on any atom is 0.306 e. The van der Waals surface area contributed by atoms with Crippen LogP contribution in [0.3, 0.4) is 0 Å². The lowest BCUT2D eigenvalue weighted by molar-refractivity contribution is -0.144. The molecule has 1 saturated heterocycles. The molecule has 1 saturated carbocycles. The Bertz CT molecular complexity index is 531. The number of carbonyl (C=O) groups is 2. The smallest absolute Gasteiger partial charge is 0.306 e. The van der Waals surface area contributed by atoms with E-state index >= 15 is 0 Å². The first-order chi connectivity index (χ1) is 10.9. The Labute approximate surface area is 141 Å². The second-order valence-electron chi connectivity index (χ2n) is 6.02. The minimum Gasteiger partial charge on any atom is -0.481 e. The Morgan fingerprint density at radius 2 is 1.83 bits per heavy atom. The summed E-state index contributed by atoms with van der Waals surface area (Å²) in [4.78, 5) is 23.1. The van der Waals surface area contributed by atoms with Crippen LogP contribution in [-0.4, -0.2) is 66.6 Å². The first-order valence-electron chi connectivity index (χ1n) is 7.96. The summed E-state index contributed by atoms with van der Waals surface area (Å²) in [6.45, 7) is 1.15. The molecule has 23 heavy (non-hydrogen) atoms. The molecule has 2 fully saturated rings. The number of carboxylic acid groups (broad SMARTS) is 1. The quantitative estimate of drug-likeness (QED) is 0.706. The molecule has 0 aromatic rings. The normalized spacial score (nSPS) is 26.6. The van der Waals surface area contributed by atoms with Gasteiger partial charge < -0.3 is 10.4 Å². The van der Waals surface area contributed by atoms with E-state index in [1.807, 2.05) is 0 Å². The zero-order valence-corrected chi connectivity index (χ0v) is 14.7. The zero-order chi connectivity index (χ0) is 16.9. The Kier molecular flexibility index (Phi) is 6.72. The third-order valence-corrected chi connectivity index (χ3v) is 7.23. The minimum absolute atomic E-state index is 0.0824. The van der Waals surface area contributed by atoms with Gasteiger partial charge in [-0.05, 0) is 19.3 Å². The van der Waals surface area contributed by atoms with Crippen LogP contribution in [0.2, 0.25) is 0 Å². The summed E-state index contributed by atoms with van der Waals surface area (Å²) in [6, 6.07) is 0. The lowest BCUT2D eigenvalue weighted by Crippen LogP contribution is -2.43. The van der Waals surface area contributed by atoms with Gasteiger partial charge in [0.25, 0.3) is 0 Å². The molecular weight excluding hydrogens is 340 g/mol. The molecule has 2 atom stereocenters. The number of aliphatic carboxylic acids is 1. The van der Waals surface area contributed by atoms with Gasteiger partial charge >= 0.3 is 5.97 Å². The number of nitrogens with zero attached hydrogens (tertiary/aromatic N) is 1. The number of hydrogen-bond donors (Lipinski definition) is 2. The second kappa shape index (κ2) is 8.34. The van der Waals surface area contributed by atoms with Crippen LogP contribution in [0, 0.1) is 11.8 Å². The number of thioether (sulfide) groups is 1. The highest BCUT2D eigenvalue weighted by molar-refractivity contribution is 7.99. The molecule has 9 heteroatoms. The molecule has 1 heterocycles. The lowest BCUT2D eigenvalue weighted by Gasteiger charge is -2.27. The van der Waals surface area contributed by atoms with Gasteiger partial charge in [0.05, 0.1) is 11.7 Å². The van der Waals surface area contributed by atoms with E-state index in [2.05, 4.69) is 5.32 Å². The minimum atomic E-state index is -3.32. The summed E-state index contributed by atoms with van der Waals surface area (Å²) in [6.07, 6.45) is 2.35. The summed E-state index contributed by atoms with van der Waals surface area (Å²) in [5.41, 5.74) is 0. The van der Waals surface area contributed by atoms with Crippen molar-refractivity contribution < 1.29 is 23.1 Å². The van der Waals surface area contributed by atoms with Gasteiger partial charge in [-0.15, -0.1) is 0 Å². The SMILES string of the molecule is O=C(O)C1CCCC(C(=O)NCCS(=O)(=O)N2CCSCC2)C1. The van der Waals surface area contributed by atoms with Crippen molar-refractivity contribution in [1.29, 1.82) is 0 Å². The van der Waals surface area contributed by atoms with Crippen molar-refractivity contribution in [1.82, 2.24) is 9.62 Å². The summed E-state index contributed by atoms with van der Waals surface area (Å²) in [5, 5.41) is 11.7. The topological polar surface area (TPSA) is 104 Å². The van der Waals surface area contributed by atoms with Crippen LogP contribution in [-0.2, 0) is 19.6 Å². The van der Waals surface area contributed by atoms with Crippen molar-refractivity contribution in [2.24, 2.45) is 11.8 Å². The molecule has 1 aliphatic heterocycles. The second-order valence-corrected chi connectivity index (χ2v) is 9.33. The number of nitrogens with one attached hydrogen (secondary N) is 1. The average molecular weight is 364 g/mol. The fourth-order valence-corrected chi connectivity index (χ4v) is 5.54. The largest absolute Gasteiger partial charge is 0.481 e. The van der Waals surface area contributed by atoms with Crippen molar-refractivity contribution in [3.05, 3.63) is 0 Å². The Hall–Kier alpha value is -0.800. The van der Waals surface area contributed by atoms with E-state index < -0.39 is 21.9 Å². The first kappa shape index (κ1) is 18.5. The van der Waals surface area contributed by atoms with Crippen LogP contribution in [0.25, 0.3) is 0 Å². The highest BCUT2D eigenvalue weighted by atomic mass is 32.2.